The Morgan fingerprint density at radius 2 is 2.00 bits per heavy atom. The van der Waals surface area contributed by atoms with E-state index in [0.29, 0.717) is 0 Å². The Morgan fingerprint density at radius 3 is 2.71 bits per heavy atom. The molecule has 0 amide bonds. The van der Waals surface area contributed by atoms with Crippen molar-refractivity contribution in [2.24, 2.45) is 4.99 Å². The van der Waals surface area contributed by atoms with Crippen molar-refractivity contribution >= 4 is 17.0 Å². The molecule has 0 aliphatic carbocycles. The summed E-state index contributed by atoms with van der Waals surface area (Å²) < 4.78 is 12.8. The highest BCUT2D eigenvalue weighted by atomic mass is 32.1. The number of rotatable bonds is 2. The van der Waals surface area contributed by atoms with E-state index < -0.39 is 0 Å². The highest BCUT2D eigenvalue weighted by molar-refractivity contribution is 7.12. The van der Waals surface area contributed by atoms with Crippen LogP contribution in [-0.2, 0) is 0 Å². The quantitative estimate of drug-likeness (QED) is 0.751. The molecule has 3 heteroatoms. The molecule has 0 saturated carbocycles. The molecule has 1 atom stereocenters. The first-order chi connectivity index (χ1) is 8.33. The number of benzene rings is 1. The van der Waals surface area contributed by atoms with Crippen molar-refractivity contribution in [3.8, 4) is 0 Å². The molecule has 1 nitrogen and oxygen atoms in total. The predicted octanol–water partition coefficient (Wildman–Crippen LogP) is 4.21. The smallest absolute Gasteiger partial charge is 0.123 e. The molecule has 1 aromatic heterocycles. The molecule has 0 fully saturated rings. The number of aliphatic imine (C=N–C) groups is 1. The van der Waals surface area contributed by atoms with Gasteiger partial charge in [0.05, 0.1) is 11.8 Å². The molecule has 17 heavy (non-hydrogen) atoms. The molecule has 86 valence electrons. The Balaban J connectivity index is 1.85. The third-order valence-electron chi connectivity index (χ3n) is 3.03. The number of halogens is 1. The van der Waals surface area contributed by atoms with Gasteiger partial charge in [-0.1, -0.05) is 18.2 Å². The summed E-state index contributed by atoms with van der Waals surface area (Å²) in [4.78, 5) is 5.99. The summed E-state index contributed by atoms with van der Waals surface area (Å²) >= 11 is 1.73. The van der Waals surface area contributed by atoms with E-state index in [2.05, 4.69) is 11.4 Å². The van der Waals surface area contributed by atoms with Crippen LogP contribution in [0.1, 0.15) is 29.3 Å². The van der Waals surface area contributed by atoms with Gasteiger partial charge in [0.2, 0.25) is 0 Å². The van der Waals surface area contributed by atoms with Gasteiger partial charge in [-0.15, -0.1) is 11.3 Å². The molecule has 0 bridgehead atoms. The van der Waals surface area contributed by atoms with E-state index in [1.165, 1.54) is 22.7 Å². The Bertz CT molecular complexity index is 528. The van der Waals surface area contributed by atoms with Gasteiger partial charge in [-0.25, -0.2) is 4.39 Å². The van der Waals surface area contributed by atoms with Crippen LogP contribution in [0.25, 0.3) is 0 Å². The highest BCUT2D eigenvalue weighted by Crippen LogP contribution is 2.31. The van der Waals surface area contributed by atoms with E-state index in [-0.39, 0.29) is 11.9 Å². The maximum atomic E-state index is 12.8. The average molecular weight is 245 g/mol. The van der Waals surface area contributed by atoms with Crippen molar-refractivity contribution in [2.75, 3.05) is 0 Å². The fourth-order valence-electron chi connectivity index (χ4n) is 2.15. The lowest BCUT2D eigenvalue weighted by molar-refractivity contribution is 0.624. The average Bonchev–Trinajstić information content (AvgIpc) is 3.00. The lowest BCUT2D eigenvalue weighted by Crippen LogP contribution is -1.90. The normalized spacial score (nSPS) is 19.4. The summed E-state index contributed by atoms with van der Waals surface area (Å²) in [5.74, 6) is -0.186. The second kappa shape index (κ2) is 4.41. The molecule has 3 rings (SSSR count). The molecule has 2 heterocycles. The van der Waals surface area contributed by atoms with Crippen molar-refractivity contribution in [1.29, 1.82) is 0 Å². The zero-order chi connectivity index (χ0) is 11.7. The Hall–Kier alpha value is -1.48. The topological polar surface area (TPSA) is 12.4 Å². The second-order valence-corrected chi connectivity index (χ2v) is 5.11. The summed E-state index contributed by atoms with van der Waals surface area (Å²) in [6.45, 7) is 0. The number of hydrogen-bond acceptors (Lipinski definition) is 2. The van der Waals surface area contributed by atoms with Crippen LogP contribution in [-0.4, -0.2) is 5.71 Å². The van der Waals surface area contributed by atoms with Gasteiger partial charge in [0, 0.05) is 4.88 Å². The molecule has 1 aromatic carbocycles. The van der Waals surface area contributed by atoms with Crippen LogP contribution in [0.15, 0.2) is 46.8 Å². The minimum absolute atomic E-state index is 0.186. The molecule has 0 saturated heterocycles. The van der Waals surface area contributed by atoms with E-state index in [1.807, 2.05) is 18.2 Å². The lowest BCUT2D eigenvalue weighted by Gasteiger charge is -2.05. The molecule has 0 N–H and O–H groups in total. The van der Waals surface area contributed by atoms with Crippen molar-refractivity contribution in [1.82, 2.24) is 0 Å². The Labute approximate surface area is 104 Å². The van der Waals surface area contributed by atoms with Crippen LogP contribution in [0.3, 0.4) is 0 Å². The third kappa shape index (κ3) is 2.15. The second-order valence-electron chi connectivity index (χ2n) is 4.16. The van der Waals surface area contributed by atoms with Gasteiger partial charge in [0.1, 0.15) is 5.82 Å². The van der Waals surface area contributed by atoms with Crippen LogP contribution in [0.5, 0.6) is 0 Å². The first-order valence-electron chi connectivity index (χ1n) is 5.69. The number of hydrogen-bond donors (Lipinski definition) is 0. The standard InChI is InChI=1S/C14H12FNS/c15-11-5-3-10(4-6-11)12-7-8-13(16-12)14-2-1-9-17-14/h1-6,9,12H,7-8H2. The van der Waals surface area contributed by atoms with Crippen LogP contribution in [0.2, 0.25) is 0 Å². The maximum absolute atomic E-state index is 12.8. The summed E-state index contributed by atoms with van der Waals surface area (Å²) in [5.41, 5.74) is 2.30. The van der Waals surface area contributed by atoms with Gasteiger partial charge >= 0.3 is 0 Å². The maximum Gasteiger partial charge on any atom is 0.123 e. The van der Waals surface area contributed by atoms with Gasteiger partial charge in [-0.3, -0.25) is 4.99 Å². The molecule has 0 spiro atoms. The SMILES string of the molecule is Fc1ccc(C2CCC(c3cccs3)=N2)cc1. The summed E-state index contributed by atoms with van der Waals surface area (Å²) in [5, 5.41) is 2.07. The highest BCUT2D eigenvalue weighted by Gasteiger charge is 2.20. The lowest BCUT2D eigenvalue weighted by atomic mass is 10.0. The molecular weight excluding hydrogens is 233 g/mol. The third-order valence-corrected chi connectivity index (χ3v) is 3.95. The van der Waals surface area contributed by atoms with Gasteiger partial charge in [-0.05, 0) is 42.0 Å². The molecule has 2 aromatic rings. The van der Waals surface area contributed by atoms with Gasteiger partial charge in [0.15, 0.2) is 0 Å². The minimum Gasteiger partial charge on any atom is -0.280 e. The van der Waals surface area contributed by atoms with Crippen LogP contribution < -0.4 is 0 Å². The fourth-order valence-corrected chi connectivity index (χ4v) is 2.90. The fraction of sp³-hybridized carbons (Fsp3) is 0.214. The van der Waals surface area contributed by atoms with E-state index >= 15 is 0 Å². The van der Waals surface area contributed by atoms with Crippen molar-refractivity contribution < 1.29 is 4.39 Å². The first-order valence-corrected chi connectivity index (χ1v) is 6.57. The van der Waals surface area contributed by atoms with E-state index in [0.717, 1.165) is 18.4 Å². The van der Waals surface area contributed by atoms with E-state index in [4.69, 9.17) is 4.99 Å². The Kier molecular flexibility index (Phi) is 2.77. The van der Waals surface area contributed by atoms with E-state index in [1.54, 1.807) is 11.3 Å². The van der Waals surface area contributed by atoms with Gasteiger partial charge in [-0.2, -0.15) is 0 Å². The van der Waals surface area contributed by atoms with Crippen molar-refractivity contribution in [3.05, 3.63) is 58.0 Å². The predicted molar refractivity (Wildman–Crippen MR) is 69.2 cm³/mol. The molecule has 0 radical (unpaired) electrons. The van der Waals surface area contributed by atoms with Crippen LogP contribution >= 0.6 is 11.3 Å². The summed E-state index contributed by atoms with van der Waals surface area (Å²) in [7, 11) is 0. The summed E-state index contributed by atoms with van der Waals surface area (Å²) in [6, 6.07) is 11.0. The van der Waals surface area contributed by atoms with Gasteiger partial charge in [0.25, 0.3) is 0 Å². The van der Waals surface area contributed by atoms with Crippen molar-refractivity contribution in [2.45, 2.75) is 18.9 Å². The monoisotopic (exact) mass is 245 g/mol. The molecule has 1 aliphatic rings. The van der Waals surface area contributed by atoms with Crippen LogP contribution in [0, 0.1) is 5.82 Å². The largest absolute Gasteiger partial charge is 0.280 e. The van der Waals surface area contributed by atoms with Gasteiger partial charge < -0.3 is 0 Å². The molecular formula is C14H12FNS. The van der Waals surface area contributed by atoms with Crippen molar-refractivity contribution in [3.63, 3.8) is 0 Å². The zero-order valence-electron chi connectivity index (χ0n) is 9.27. The number of nitrogens with zero attached hydrogens (tertiary/aromatic N) is 1. The molecule has 1 aliphatic heterocycles. The van der Waals surface area contributed by atoms with E-state index in [9.17, 15) is 4.39 Å². The Morgan fingerprint density at radius 1 is 1.18 bits per heavy atom. The minimum atomic E-state index is -0.186. The van der Waals surface area contributed by atoms with Crippen LogP contribution in [0.4, 0.5) is 4.39 Å². The first kappa shape index (κ1) is 10.7. The number of thiophene rings is 1. The summed E-state index contributed by atoms with van der Waals surface area (Å²) in [6.07, 6.45) is 2.04. The molecule has 1 unspecified atom stereocenters. The zero-order valence-corrected chi connectivity index (χ0v) is 10.1.